The van der Waals surface area contributed by atoms with Crippen LogP contribution in [0.1, 0.15) is 68.8 Å². The third kappa shape index (κ3) is 7.38. The number of ether oxygens (including phenoxy) is 1. The van der Waals surface area contributed by atoms with Crippen LogP contribution in [0.5, 0.6) is 5.75 Å². The van der Waals surface area contributed by atoms with Gasteiger partial charge in [0, 0.05) is 55.8 Å². The van der Waals surface area contributed by atoms with Gasteiger partial charge in [0.25, 0.3) is 5.91 Å². The van der Waals surface area contributed by atoms with Crippen molar-refractivity contribution in [2.75, 3.05) is 31.1 Å². The van der Waals surface area contributed by atoms with Gasteiger partial charge in [0.2, 0.25) is 11.8 Å². The van der Waals surface area contributed by atoms with Crippen LogP contribution < -0.4 is 20.3 Å². The zero-order chi connectivity index (χ0) is 27.8. The number of para-hydroxylation sites is 1. The topological polar surface area (TPSA) is 91.0 Å². The van der Waals surface area contributed by atoms with Crippen molar-refractivity contribution in [3.63, 3.8) is 0 Å². The molecule has 1 fully saturated rings. The standard InChI is InChI=1S/C31H42N4O4/c1-4-28(22(2)33-23(3)36)32-18-7-21-39-27-13-10-25(11-14-27)31(38)34-19-16-26(17-20-34)35-29-9-6-5-8-24(29)12-15-30(35)37/h5-6,8-11,13-14,22,26,28,32H,4,7,12,15-21H2,1-3H3,(H,33,36). The molecule has 0 radical (unpaired) electrons. The van der Waals surface area contributed by atoms with E-state index in [-0.39, 0.29) is 35.8 Å². The van der Waals surface area contributed by atoms with Crippen LogP contribution in [0.3, 0.4) is 0 Å². The monoisotopic (exact) mass is 534 g/mol. The molecule has 0 aliphatic carbocycles. The molecular formula is C31H42N4O4. The number of hydrogen-bond acceptors (Lipinski definition) is 5. The molecule has 39 heavy (non-hydrogen) atoms. The highest BCUT2D eigenvalue weighted by atomic mass is 16.5. The Balaban J connectivity index is 1.21. The predicted octanol–water partition coefficient (Wildman–Crippen LogP) is 3.93. The van der Waals surface area contributed by atoms with E-state index in [1.54, 1.807) is 0 Å². The summed E-state index contributed by atoms with van der Waals surface area (Å²) in [4.78, 5) is 41.1. The lowest BCUT2D eigenvalue weighted by molar-refractivity contribution is -0.120. The summed E-state index contributed by atoms with van der Waals surface area (Å²) < 4.78 is 5.87. The first-order chi connectivity index (χ1) is 18.9. The first-order valence-electron chi connectivity index (χ1n) is 14.3. The number of aryl methyl sites for hydroxylation is 1. The normalized spacial score (nSPS) is 17.4. The van der Waals surface area contributed by atoms with Crippen LogP contribution >= 0.6 is 0 Å². The molecule has 2 aromatic rings. The molecule has 0 saturated carbocycles. The van der Waals surface area contributed by atoms with Crippen molar-refractivity contribution in [1.82, 2.24) is 15.5 Å². The quantitative estimate of drug-likeness (QED) is 0.427. The van der Waals surface area contributed by atoms with Gasteiger partial charge in [0.15, 0.2) is 0 Å². The summed E-state index contributed by atoms with van der Waals surface area (Å²) in [5, 5.41) is 6.43. The molecule has 0 aromatic heterocycles. The van der Waals surface area contributed by atoms with E-state index in [1.807, 2.05) is 59.2 Å². The summed E-state index contributed by atoms with van der Waals surface area (Å²) in [7, 11) is 0. The SMILES string of the molecule is CCC(NCCCOc1ccc(C(=O)N2CCC(N3C(=O)CCc4ccccc43)CC2)cc1)C(C)NC(C)=O. The molecule has 2 heterocycles. The van der Waals surface area contributed by atoms with E-state index in [4.69, 9.17) is 4.74 Å². The van der Waals surface area contributed by atoms with E-state index in [9.17, 15) is 14.4 Å². The van der Waals surface area contributed by atoms with Crippen LogP contribution in [0.15, 0.2) is 48.5 Å². The molecule has 2 aromatic carbocycles. The summed E-state index contributed by atoms with van der Waals surface area (Å²) in [5.41, 5.74) is 2.92. The van der Waals surface area contributed by atoms with E-state index in [2.05, 4.69) is 23.6 Å². The van der Waals surface area contributed by atoms with Gasteiger partial charge in [-0.15, -0.1) is 0 Å². The number of anilines is 1. The Morgan fingerprint density at radius 2 is 1.77 bits per heavy atom. The Bertz CT molecular complexity index is 1130. The lowest BCUT2D eigenvalue weighted by Crippen LogP contribution is -2.50. The zero-order valence-electron chi connectivity index (χ0n) is 23.4. The first-order valence-corrected chi connectivity index (χ1v) is 14.3. The van der Waals surface area contributed by atoms with E-state index < -0.39 is 0 Å². The number of nitrogens with one attached hydrogen (secondary N) is 2. The molecule has 8 nitrogen and oxygen atoms in total. The summed E-state index contributed by atoms with van der Waals surface area (Å²) in [6.45, 7) is 8.29. The molecule has 2 aliphatic heterocycles. The summed E-state index contributed by atoms with van der Waals surface area (Å²) in [6, 6.07) is 16.0. The molecule has 0 bridgehead atoms. The van der Waals surface area contributed by atoms with Crippen molar-refractivity contribution in [3.05, 3.63) is 59.7 Å². The van der Waals surface area contributed by atoms with Gasteiger partial charge in [-0.05, 0) is 81.5 Å². The predicted molar refractivity (Wildman–Crippen MR) is 153 cm³/mol. The van der Waals surface area contributed by atoms with Gasteiger partial charge >= 0.3 is 0 Å². The number of hydrogen-bond donors (Lipinski definition) is 2. The van der Waals surface area contributed by atoms with Crippen molar-refractivity contribution >= 4 is 23.4 Å². The van der Waals surface area contributed by atoms with Crippen molar-refractivity contribution in [2.45, 2.75) is 77.4 Å². The third-order valence-electron chi connectivity index (χ3n) is 7.82. The van der Waals surface area contributed by atoms with Crippen LogP contribution in [-0.4, -0.2) is 67.0 Å². The molecule has 2 N–H and O–H groups in total. The number of carbonyl (C=O) groups excluding carboxylic acids is 3. The van der Waals surface area contributed by atoms with Crippen LogP contribution in [-0.2, 0) is 16.0 Å². The van der Waals surface area contributed by atoms with Gasteiger partial charge in [0.05, 0.1) is 6.61 Å². The molecule has 2 atom stereocenters. The van der Waals surface area contributed by atoms with Gasteiger partial charge < -0.3 is 25.2 Å². The Morgan fingerprint density at radius 3 is 2.46 bits per heavy atom. The maximum absolute atomic E-state index is 13.1. The number of rotatable bonds is 11. The Morgan fingerprint density at radius 1 is 1.05 bits per heavy atom. The van der Waals surface area contributed by atoms with Crippen LogP contribution in [0.25, 0.3) is 0 Å². The number of nitrogens with zero attached hydrogens (tertiary/aromatic N) is 2. The lowest BCUT2D eigenvalue weighted by atomic mass is 9.95. The van der Waals surface area contributed by atoms with Gasteiger partial charge in [-0.2, -0.15) is 0 Å². The molecule has 210 valence electrons. The number of piperidine rings is 1. The summed E-state index contributed by atoms with van der Waals surface area (Å²) in [6.07, 6.45) is 4.69. The highest BCUT2D eigenvalue weighted by Crippen LogP contribution is 2.32. The number of likely N-dealkylation sites (tertiary alicyclic amines) is 1. The van der Waals surface area contributed by atoms with E-state index in [0.29, 0.717) is 31.7 Å². The minimum atomic E-state index is -0.0161. The maximum atomic E-state index is 13.1. The lowest BCUT2D eigenvalue weighted by Gasteiger charge is -2.41. The van der Waals surface area contributed by atoms with Crippen molar-refractivity contribution < 1.29 is 19.1 Å². The number of amides is 3. The molecule has 8 heteroatoms. The average Bonchev–Trinajstić information content (AvgIpc) is 2.94. The fourth-order valence-corrected chi connectivity index (χ4v) is 5.70. The van der Waals surface area contributed by atoms with E-state index in [0.717, 1.165) is 50.1 Å². The molecule has 3 amide bonds. The van der Waals surface area contributed by atoms with E-state index in [1.165, 1.54) is 12.5 Å². The highest BCUT2D eigenvalue weighted by Gasteiger charge is 2.33. The largest absolute Gasteiger partial charge is 0.494 e. The zero-order valence-corrected chi connectivity index (χ0v) is 23.4. The van der Waals surface area contributed by atoms with Gasteiger partial charge in [0.1, 0.15) is 5.75 Å². The molecule has 0 spiro atoms. The van der Waals surface area contributed by atoms with Crippen molar-refractivity contribution in [3.8, 4) is 5.75 Å². The smallest absolute Gasteiger partial charge is 0.253 e. The Labute approximate surface area is 232 Å². The van der Waals surface area contributed by atoms with Crippen LogP contribution in [0.4, 0.5) is 5.69 Å². The number of fused-ring (bicyclic) bond motifs is 1. The highest BCUT2D eigenvalue weighted by molar-refractivity contribution is 5.97. The number of benzene rings is 2. The second kappa shape index (κ2) is 13.6. The van der Waals surface area contributed by atoms with Gasteiger partial charge in [-0.25, -0.2) is 0 Å². The van der Waals surface area contributed by atoms with Crippen LogP contribution in [0.2, 0.25) is 0 Å². The Hall–Kier alpha value is -3.39. The maximum Gasteiger partial charge on any atom is 0.253 e. The van der Waals surface area contributed by atoms with Crippen molar-refractivity contribution in [2.24, 2.45) is 0 Å². The fourth-order valence-electron chi connectivity index (χ4n) is 5.70. The van der Waals surface area contributed by atoms with Gasteiger partial charge in [-0.1, -0.05) is 25.1 Å². The number of carbonyl (C=O) groups is 3. The second-order valence-electron chi connectivity index (χ2n) is 10.6. The summed E-state index contributed by atoms with van der Waals surface area (Å²) in [5.74, 6) is 0.937. The molecule has 1 saturated heterocycles. The fraction of sp³-hybridized carbons (Fsp3) is 0.516. The average molecular weight is 535 g/mol. The van der Waals surface area contributed by atoms with E-state index >= 15 is 0 Å². The molecule has 2 unspecified atom stereocenters. The van der Waals surface area contributed by atoms with Crippen LogP contribution in [0, 0.1) is 0 Å². The summed E-state index contributed by atoms with van der Waals surface area (Å²) >= 11 is 0. The molecule has 2 aliphatic rings. The second-order valence-corrected chi connectivity index (χ2v) is 10.6. The minimum absolute atomic E-state index is 0.0161. The molecule has 4 rings (SSSR count). The van der Waals surface area contributed by atoms with Crippen molar-refractivity contribution in [1.29, 1.82) is 0 Å². The minimum Gasteiger partial charge on any atom is -0.494 e. The molecular weight excluding hydrogens is 492 g/mol. The third-order valence-corrected chi connectivity index (χ3v) is 7.82. The Kier molecular flexibility index (Phi) is 9.98. The first kappa shape index (κ1) is 28.6. The van der Waals surface area contributed by atoms with Gasteiger partial charge in [-0.3, -0.25) is 14.4 Å².